The summed E-state index contributed by atoms with van der Waals surface area (Å²) >= 11 is 0. The van der Waals surface area contributed by atoms with Gasteiger partial charge in [0.25, 0.3) is 0 Å². The number of nitrogens with zero attached hydrogens (tertiary/aromatic N) is 3. The molecular weight excluding hydrogens is 534 g/mol. The molecule has 3 heteroatoms. The predicted octanol–water partition coefficient (Wildman–Crippen LogP) is 10.5. The molecule has 44 heavy (non-hydrogen) atoms. The minimum absolute atomic E-state index is 0.878. The fourth-order valence-electron chi connectivity index (χ4n) is 6.13. The summed E-state index contributed by atoms with van der Waals surface area (Å²) in [5.41, 5.74) is 10.7. The van der Waals surface area contributed by atoms with E-state index in [4.69, 9.17) is 4.98 Å². The Balaban J connectivity index is 1.30. The zero-order valence-electron chi connectivity index (χ0n) is 23.9. The monoisotopic (exact) mass is 561 g/mol. The molecule has 0 bridgehead atoms. The van der Waals surface area contributed by atoms with Crippen molar-refractivity contribution in [2.24, 2.45) is 0 Å². The molecule has 0 N–H and O–H groups in total. The Bertz CT molecular complexity index is 2220. The van der Waals surface area contributed by atoms with E-state index in [1.165, 1.54) is 38.2 Å². The van der Waals surface area contributed by atoms with Crippen LogP contribution in [0.25, 0.3) is 77.4 Å². The predicted molar refractivity (Wildman–Crippen MR) is 182 cm³/mol. The molecule has 5 aromatic carbocycles. The van der Waals surface area contributed by atoms with Crippen molar-refractivity contribution in [3.8, 4) is 55.9 Å². The molecule has 3 heterocycles. The van der Waals surface area contributed by atoms with Gasteiger partial charge in [-0.3, -0.25) is 9.97 Å². The van der Waals surface area contributed by atoms with E-state index >= 15 is 0 Å². The Labute approximate surface area is 256 Å². The quantitative estimate of drug-likeness (QED) is 0.196. The highest BCUT2D eigenvalue weighted by molar-refractivity contribution is 6.14. The van der Waals surface area contributed by atoms with Crippen LogP contribution in [-0.4, -0.2) is 15.0 Å². The maximum atomic E-state index is 5.01. The van der Waals surface area contributed by atoms with Crippen LogP contribution in [0.15, 0.2) is 164 Å². The molecule has 0 spiro atoms. The van der Waals surface area contributed by atoms with E-state index in [2.05, 4.69) is 125 Å². The van der Waals surface area contributed by atoms with E-state index in [1.807, 2.05) is 36.7 Å². The van der Waals surface area contributed by atoms with E-state index < -0.39 is 0 Å². The number of aromatic nitrogens is 3. The minimum Gasteiger partial charge on any atom is -0.264 e. The van der Waals surface area contributed by atoms with Gasteiger partial charge in [0, 0.05) is 35.9 Å². The SMILES string of the molecule is c1cncc(-c2cc(-c3cccc(-c4ccccc4-c4cc5ccccc5c5ccccc45)c3)cc(-c3cccnc3)n2)c1. The van der Waals surface area contributed by atoms with Crippen LogP contribution in [0.5, 0.6) is 0 Å². The van der Waals surface area contributed by atoms with Crippen LogP contribution in [-0.2, 0) is 0 Å². The van der Waals surface area contributed by atoms with Crippen LogP contribution in [0.1, 0.15) is 0 Å². The summed E-state index contributed by atoms with van der Waals surface area (Å²) in [5, 5.41) is 5.04. The van der Waals surface area contributed by atoms with Gasteiger partial charge in [0.15, 0.2) is 0 Å². The van der Waals surface area contributed by atoms with Crippen molar-refractivity contribution in [2.75, 3.05) is 0 Å². The lowest BCUT2D eigenvalue weighted by molar-refractivity contribution is 1.26. The maximum absolute atomic E-state index is 5.01. The Kier molecular flexibility index (Phi) is 6.47. The Morgan fingerprint density at radius 2 is 0.932 bits per heavy atom. The van der Waals surface area contributed by atoms with Crippen LogP contribution in [0.2, 0.25) is 0 Å². The molecule has 0 fully saturated rings. The second-order valence-corrected chi connectivity index (χ2v) is 10.9. The number of fused-ring (bicyclic) bond motifs is 3. The van der Waals surface area contributed by atoms with Gasteiger partial charge in [-0.05, 0) is 103 Å². The van der Waals surface area contributed by atoms with Crippen LogP contribution < -0.4 is 0 Å². The molecule has 0 amide bonds. The first-order valence-corrected chi connectivity index (χ1v) is 14.8. The minimum atomic E-state index is 0.878. The van der Waals surface area contributed by atoms with Crippen molar-refractivity contribution < 1.29 is 0 Å². The smallest absolute Gasteiger partial charge is 0.0731 e. The Morgan fingerprint density at radius 3 is 1.64 bits per heavy atom. The van der Waals surface area contributed by atoms with Gasteiger partial charge in [0.1, 0.15) is 0 Å². The summed E-state index contributed by atoms with van der Waals surface area (Å²) in [4.78, 5) is 13.7. The molecule has 8 aromatic rings. The first-order valence-electron chi connectivity index (χ1n) is 14.8. The molecule has 0 radical (unpaired) electrons. The molecule has 3 aromatic heterocycles. The summed E-state index contributed by atoms with van der Waals surface area (Å²) in [6.45, 7) is 0. The highest BCUT2D eigenvalue weighted by Crippen LogP contribution is 2.40. The topological polar surface area (TPSA) is 38.7 Å². The summed E-state index contributed by atoms with van der Waals surface area (Å²) in [6.07, 6.45) is 7.30. The summed E-state index contributed by atoms with van der Waals surface area (Å²) in [5.74, 6) is 0. The second kappa shape index (κ2) is 11.0. The number of benzene rings is 5. The number of hydrogen-bond donors (Lipinski definition) is 0. The van der Waals surface area contributed by atoms with Gasteiger partial charge in [0.05, 0.1) is 11.4 Å². The molecule has 8 rings (SSSR count). The average molecular weight is 562 g/mol. The third-order valence-electron chi connectivity index (χ3n) is 8.23. The second-order valence-electron chi connectivity index (χ2n) is 10.9. The summed E-state index contributed by atoms with van der Waals surface area (Å²) in [7, 11) is 0. The molecule has 0 aliphatic heterocycles. The maximum Gasteiger partial charge on any atom is 0.0731 e. The first-order chi connectivity index (χ1) is 21.8. The first kappa shape index (κ1) is 25.8. The molecule has 0 saturated heterocycles. The molecule has 0 unspecified atom stereocenters. The number of pyridine rings is 3. The lowest BCUT2D eigenvalue weighted by atomic mass is 9.88. The highest BCUT2D eigenvalue weighted by atomic mass is 14.7. The molecule has 206 valence electrons. The molecule has 0 saturated carbocycles. The molecule has 0 aliphatic carbocycles. The van der Waals surface area contributed by atoms with Gasteiger partial charge in [-0.15, -0.1) is 0 Å². The van der Waals surface area contributed by atoms with Gasteiger partial charge in [-0.1, -0.05) is 91.0 Å². The van der Waals surface area contributed by atoms with Crippen molar-refractivity contribution in [1.82, 2.24) is 15.0 Å². The normalized spacial score (nSPS) is 11.2. The zero-order valence-corrected chi connectivity index (χ0v) is 23.9. The van der Waals surface area contributed by atoms with Gasteiger partial charge in [-0.2, -0.15) is 0 Å². The van der Waals surface area contributed by atoms with Gasteiger partial charge in [-0.25, -0.2) is 4.98 Å². The fraction of sp³-hybridized carbons (Fsp3) is 0. The van der Waals surface area contributed by atoms with Crippen molar-refractivity contribution in [3.05, 3.63) is 164 Å². The third kappa shape index (κ3) is 4.71. The van der Waals surface area contributed by atoms with E-state index in [0.717, 1.165) is 39.2 Å². The van der Waals surface area contributed by atoms with Gasteiger partial charge >= 0.3 is 0 Å². The Hall–Kier alpha value is -5.93. The largest absolute Gasteiger partial charge is 0.264 e. The van der Waals surface area contributed by atoms with Crippen molar-refractivity contribution in [3.63, 3.8) is 0 Å². The van der Waals surface area contributed by atoms with Gasteiger partial charge in [0.2, 0.25) is 0 Å². The van der Waals surface area contributed by atoms with E-state index in [0.29, 0.717) is 0 Å². The van der Waals surface area contributed by atoms with Gasteiger partial charge < -0.3 is 0 Å². The average Bonchev–Trinajstić information content (AvgIpc) is 3.12. The van der Waals surface area contributed by atoms with Crippen molar-refractivity contribution in [1.29, 1.82) is 0 Å². The highest BCUT2D eigenvalue weighted by Gasteiger charge is 2.14. The number of hydrogen-bond acceptors (Lipinski definition) is 3. The van der Waals surface area contributed by atoms with Crippen LogP contribution in [0, 0.1) is 0 Å². The summed E-state index contributed by atoms with van der Waals surface area (Å²) in [6, 6.07) is 49.6. The molecule has 0 aliphatic rings. The molecule has 0 atom stereocenters. The van der Waals surface area contributed by atoms with Crippen molar-refractivity contribution in [2.45, 2.75) is 0 Å². The molecule has 3 nitrogen and oxygen atoms in total. The lowest BCUT2D eigenvalue weighted by Gasteiger charge is -2.16. The summed E-state index contributed by atoms with van der Waals surface area (Å²) < 4.78 is 0. The van der Waals surface area contributed by atoms with E-state index in [1.54, 1.807) is 12.4 Å². The standard InChI is InChI=1S/C41H27N3/c1-2-15-35-30(10-1)23-39(38-19-6-5-17-36(35)38)37-18-4-3-16-34(37)29-12-7-11-28(22-29)33-24-40(31-13-8-20-42-26-31)44-41(25-33)32-14-9-21-43-27-32/h1-27H. The number of rotatable bonds is 5. The van der Waals surface area contributed by atoms with E-state index in [-0.39, 0.29) is 0 Å². The van der Waals surface area contributed by atoms with Crippen LogP contribution in [0.4, 0.5) is 0 Å². The fourth-order valence-corrected chi connectivity index (χ4v) is 6.13. The van der Waals surface area contributed by atoms with Crippen LogP contribution in [0.3, 0.4) is 0 Å². The molecular formula is C41H27N3. The lowest BCUT2D eigenvalue weighted by Crippen LogP contribution is -1.92. The van der Waals surface area contributed by atoms with Crippen molar-refractivity contribution >= 4 is 21.5 Å². The Morgan fingerprint density at radius 1 is 0.341 bits per heavy atom. The third-order valence-corrected chi connectivity index (χ3v) is 8.23. The van der Waals surface area contributed by atoms with E-state index in [9.17, 15) is 0 Å². The van der Waals surface area contributed by atoms with Crippen LogP contribution >= 0.6 is 0 Å². The zero-order chi connectivity index (χ0) is 29.3.